The van der Waals surface area contributed by atoms with Gasteiger partial charge in [-0.2, -0.15) is 23.5 Å². The van der Waals surface area contributed by atoms with Crippen molar-refractivity contribution < 1.29 is 30.0 Å². The Morgan fingerprint density at radius 1 is 0.565 bits per heavy atom. The van der Waals surface area contributed by atoms with E-state index in [4.69, 9.17) is 0 Å². The number of aromatic carboxylic acids is 2. The standard InChI is InChI=1S/C38H66O6S2/c1-3-5-7-9-11-13-15-20-32(39)25-29-45-27-17-19-31-23-24-35(37(41)42)36(38(43)44)34(31)22-18-28-46-30-26-33(40)21-16-14-12-10-8-6-4-2/h23-24,32-33,39-40H,3-22,25-30H2,1-2H3,(H,41,42)(H,43,44). The molecular weight excluding hydrogens is 617 g/mol. The van der Waals surface area contributed by atoms with Gasteiger partial charge in [0.15, 0.2) is 0 Å². The fourth-order valence-corrected chi connectivity index (χ4v) is 7.94. The monoisotopic (exact) mass is 682 g/mol. The number of carbonyl (C=O) groups is 2. The Morgan fingerprint density at radius 2 is 1.02 bits per heavy atom. The number of aliphatic hydroxyl groups excluding tert-OH is 2. The minimum atomic E-state index is -1.21. The van der Waals surface area contributed by atoms with E-state index in [1.807, 2.05) is 11.8 Å². The third-order valence-corrected chi connectivity index (χ3v) is 11.0. The van der Waals surface area contributed by atoms with Crippen LogP contribution in [0.25, 0.3) is 0 Å². The highest BCUT2D eigenvalue weighted by Crippen LogP contribution is 2.25. The van der Waals surface area contributed by atoms with Gasteiger partial charge in [0, 0.05) is 0 Å². The average Bonchev–Trinajstić information content (AvgIpc) is 3.03. The van der Waals surface area contributed by atoms with E-state index in [9.17, 15) is 30.0 Å². The predicted octanol–water partition coefficient (Wildman–Crippen LogP) is 10.2. The fourth-order valence-electron chi connectivity index (χ4n) is 5.95. The van der Waals surface area contributed by atoms with Crippen molar-refractivity contribution in [3.63, 3.8) is 0 Å². The molecule has 0 radical (unpaired) electrons. The molecule has 2 unspecified atom stereocenters. The van der Waals surface area contributed by atoms with Crippen LogP contribution >= 0.6 is 23.5 Å². The van der Waals surface area contributed by atoms with Gasteiger partial charge in [0.2, 0.25) is 0 Å². The van der Waals surface area contributed by atoms with Crippen LogP contribution in [0.5, 0.6) is 0 Å². The highest BCUT2D eigenvalue weighted by molar-refractivity contribution is 7.99. The molecule has 0 fully saturated rings. The van der Waals surface area contributed by atoms with Crippen LogP contribution in [0.4, 0.5) is 0 Å². The first-order valence-electron chi connectivity index (χ1n) is 18.4. The molecule has 0 saturated heterocycles. The third-order valence-electron chi connectivity index (χ3n) is 8.78. The molecule has 8 heteroatoms. The molecule has 0 aliphatic rings. The largest absolute Gasteiger partial charge is 0.478 e. The Morgan fingerprint density at radius 3 is 1.48 bits per heavy atom. The van der Waals surface area contributed by atoms with Crippen molar-refractivity contribution in [1.82, 2.24) is 0 Å². The van der Waals surface area contributed by atoms with Gasteiger partial charge in [0.05, 0.1) is 23.3 Å². The summed E-state index contributed by atoms with van der Waals surface area (Å²) in [5, 5.41) is 40.3. The second-order valence-corrected chi connectivity index (χ2v) is 15.3. The zero-order valence-corrected chi connectivity index (χ0v) is 30.7. The summed E-state index contributed by atoms with van der Waals surface area (Å²) in [5.74, 6) is 1.16. The van der Waals surface area contributed by atoms with Crippen molar-refractivity contribution in [2.75, 3.05) is 23.0 Å². The number of carboxylic acids is 2. The van der Waals surface area contributed by atoms with Gasteiger partial charge in [-0.25, -0.2) is 9.59 Å². The van der Waals surface area contributed by atoms with Gasteiger partial charge in [-0.3, -0.25) is 0 Å². The maximum atomic E-state index is 12.2. The van der Waals surface area contributed by atoms with Crippen LogP contribution in [0.3, 0.4) is 0 Å². The molecule has 1 aromatic carbocycles. The van der Waals surface area contributed by atoms with Gasteiger partial charge in [-0.15, -0.1) is 0 Å². The summed E-state index contributed by atoms with van der Waals surface area (Å²) in [6.45, 7) is 4.46. The highest BCUT2D eigenvalue weighted by atomic mass is 32.2. The van der Waals surface area contributed by atoms with Gasteiger partial charge < -0.3 is 20.4 Å². The van der Waals surface area contributed by atoms with E-state index in [1.165, 1.54) is 83.1 Å². The Kier molecular flexibility index (Phi) is 26.8. The first-order chi connectivity index (χ1) is 22.3. The van der Waals surface area contributed by atoms with Crippen molar-refractivity contribution in [1.29, 1.82) is 0 Å². The summed E-state index contributed by atoms with van der Waals surface area (Å²) in [6.07, 6.45) is 23.2. The van der Waals surface area contributed by atoms with E-state index < -0.39 is 11.9 Å². The lowest BCUT2D eigenvalue weighted by molar-refractivity contribution is 0.0650. The van der Waals surface area contributed by atoms with Gasteiger partial charge in [0.1, 0.15) is 0 Å². The molecule has 4 N–H and O–H groups in total. The normalized spacial score (nSPS) is 12.8. The number of carboxylic acid groups (broad SMARTS) is 2. The van der Waals surface area contributed by atoms with Crippen LogP contribution in [-0.2, 0) is 12.8 Å². The average molecular weight is 683 g/mol. The molecule has 2 atom stereocenters. The predicted molar refractivity (Wildman–Crippen MR) is 198 cm³/mol. The summed E-state index contributed by atoms with van der Waals surface area (Å²) < 4.78 is 0. The number of benzene rings is 1. The van der Waals surface area contributed by atoms with E-state index in [0.29, 0.717) is 18.4 Å². The number of unbranched alkanes of at least 4 members (excludes halogenated alkanes) is 12. The van der Waals surface area contributed by atoms with Crippen LogP contribution in [0.2, 0.25) is 0 Å². The lowest BCUT2D eigenvalue weighted by Gasteiger charge is -2.16. The number of hydrogen-bond donors (Lipinski definition) is 4. The van der Waals surface area contributed by atoms with Crippen molar-refractivity contribution in [2.24, 2.45) is 0 Å². The Balaban J connectivity index is 2.42. The van der Waals surface area contributed by atoms with Crippen LogP contribution in [0, 0.1) is 0 Å². The van der Waals surface area contributed by atoms with Crippen molar-refractivity contribution in [2.45, 2.75) is 167 Å². The summed E-state index contributed by atoms with van der Waals surface area (Å²) in [7, 11) is 0. The summed E-state index contributed by atoms with van der Waals surface area (Å²) in [6, 6.07) is 3.24. The molecule has 0 aliphatic heterocycles. The fraction of sp³-hybridized carbons (Fsp3) is 0.789. The molecule has 0 aromatic heterocycles. The first kappa shape index (κ1) is 42.8. The Labute approximate surface area is 289 Å². The molecule has 0 heterocycles. The zero-order valence-electron chi connectivity index (χ0n) is 29.1. The third kappa shape index (κ3) is 20.9. The second kappa shape index (κ2) is 28.8. The van der Waals surface area contributed by atoms with Gasteiger partial charge in [0.25, 0.3) is 0 Å². The molecule has 0 spiro atoms. The van der Waals surface area contributed by atoms with E-state index >= 15 is 0 Å². The van der Waals surface area contributed by atoms with E-state index in [1.54, 1.807) is 17.8 Å². The Bertz CT molecular complexity index is 925. The topological polar surface area (TPSA) is 115 Å². The van der Waals surface area contributed by atoms with Crippen LogP contribution < -0.4 is 0 Å². The zero-order chi connectivity index (χ0) is 33.8. The van der Waals surface area contributed by atoms with Crippen LogP contribution in [0.1, 0.15) is 174 Å². The minimum absolute atomic E-state index is 0.0683. The quantitative estimate of drug-likeness (QED) is 0.0555. The maximum absolute atomic E-state index is 12.2. The molecule has 6 nitrogen and oxygen atoms in total. The van der Waals surface area contributed by atoms with Gasteiger partial charge in [-0.1, -0.05) is 110 Å². The van der Waals surface area contributed by atoms with E-state index in [0.717, 1.165) is 79.9 Å². The molecule has 1 aromatic rings. The first-order valence-corrected chi connectivity index (χ1v) is 20.8. The smallest absolute Gasteiger partial charge is 0.336 e. The molecule has 1 rings (SSSR count). The van der Waals surface area contributed by atoms with E-state index in [2.05, 4.69) is 13.8 Å². The van der Waals surface area contributed by atoms with Crippen molar-refractivity contribution in [3.05, 3.63) is 34.4 Å². The minimum Gasteiger partial charge on any atom is -0.478 e. The van der Waals surface area contributed by atoms with Crippen LogP contribution in [0.15, 0.2) is 12.1 Å². The Hall–Kier alpha value is -1.22. The summed E-state index contributed by atoms with van der Waals surface area (Å²) in [4.78, 5) is 24.0. The number of rotatable bonds is 32. The highest BCUT2D eigenvalue weighted by Gasteiger charge is 2.22. The lowest BCUT2D eigenvalue weighted by atomic mass is 9.91. The number of thioether (sulfide) groups is 2. The van der Waals surface area contributed by atoms with Crippen LogP contribution in [-0.4, -0.2) is 67.6 Å². The number of aryl methyl sites for hydroxylation is 1. The molecule has 46 heavy (non-hydrogen) atoms. The summed E-state index contributed by atoms with van der Waals surface area (Å²) in [5.41, 5.74) is 1.37. The second-order valence-electron chi connectivity index (χ2n) is 12.9. The van der Waals surface area contributed by atoms with Crippen molar-refractivity contribution >= 4 is 35.5 Å². The lowest BCUT2D eigenvalue weighted by Crippen LogP contribution is -2.14. The molecule has 0 aliphatic carbocycles. The van der Waals surface area contributed by atoms with E-state index in [-0.39, 0.29) is 23.3 Å². The maximum Gasteiger partial charge on any atom is 0.336 e. The summed E-state index contributed by atoms with van der Waals surface area (Å²) >= 11 is 3.60. The molecule has 0 amide bonds. The van der Waals surface area contributed by atoms with Gasteiger partial charge >= 0.3 is 11.9 Å². The molecule has 0 saturated carbocycles. The SMILES string of the molecule is CCCCCCCCCC(O)CCSCCCc1ccc(C(=O)O)c(C(=O)O)c1CCCSCCC(O)CCCCCCCCC. The number of hydrogen-bond acceptors (Lipinski definition) is 6. The number of aliphatic hydroxyl groups is 2. The molecular formula is C38H66O6S2. The van der Waals surface area contributed by atoms with Crippen molar-refractivity contribution in [3.8, 4) is 0 Å². The molecule has 0 bridgehead atoms. The molecule has 266 valence electrons. The van der Waals surface area contributed by atoms with Gasteiger partial charge in [-0.05, 0) is 91.6 Å².